The third-order valence-electron chi connectivity index (χ3n) is 5.02. The summed E-state index contributed by atoms with van der Waals surface area (Å²) in [5.74, 6) is -0.859. The minimum absolute atomic E-state index is 0.0187. The number of amides is 2. The van der Waals surface area contributed by atoms with Gasteiger partial charge in [0, 0.05) is 25.4 Å². The fourth-order valence-electron chi connectivity index (χ4n) is 3.42. The summed E-state index contributed by atoms with van der Waals surface area (Å²) in [5, 5.41) is 3.73. The SMILES string of the molecule is COC(=O)CCC(NC(=O)N1CCCC(c2nc3ccccc3s2)C1)C(=O)OC. The second-order valence-corrected chi connectivity index (χ2v) is 8.01. The lowest BCUT2D eigenvalue weighted by Crippen LogP contribution is -2.50. The van der Waals surface area contributed by atoms with Crippen molar-refractivity contribution >= 4 is 39.5 Å². The van der Waals surface area contributed by atoms with Crippen LogP contribution in [0.4, 0.5) is 4.79 Å². The van der Waals surface area contributed by atoms with Crippen molar-refractivity contribution < 1.29 is 23.9 Å². The molecule has 0 bridgehead atoms. The van der Waals surface area contributed by atoms with E-state index in [1.54, 1.807) is 16.2 Å². The van der Waals surface area contributed by atoms with Gasteiger partial charge in [-0.3, -0.25) is 4.79 Å². The van der Waals surface area contributed by atoms with Crippen molar-refractivity contribution in [3.05, 3.63) is 29.3 Å². The maximum Gasteiger partial charge on any atom is 0.328 e. The first-order valence-electron chi connectivity index (χ1n) is 9.57. The van der Waals surface area contributed by atoms with E-state index in [0.29, 0.717) is 13.1 Å². The van der Waals surface area contributed by atoms with Gasteiger partial charge in [-0.25, -0.2) is 14.6 Å². The number of esters is 2. The summed E-state index contributed by atoms with van der Waals surface area (Å²) in [4.78, 5) is 42.6. The Morgan fingerprint density at radius 3 is 2.79 bits per heavy atom. The Bertz CT molecular complexity index is 851. The van der Waals surface area contributed by atoms with E-state index in [9.17, 15) is 14.4 Å². The summed E-state index contributed by atoms with van der Waals surface area (Å²) < 4.78 is 10.5. The highest BCUT2D eigenvalue weighted by Gasteiger charge is 2.30. The molecule has 1 aliphatic rings. The molecule has 0 radical (unpaired) electrons. The van der Waals surface area contributed by atoms with E-state index >= 15 is 0 Å². The predicted octanol–water partition coefficient (Wildman–Crippen LogP) is 2.68. The molecular weight excluding hydrogens is 394 g/mol. The van der Waals surface area contributed by atoms with Crippen LogP contribution in [0.3, 0.4) is 0 Å². The number of benzene rings is 1. The molecule has 2 aromatic rings. The number of carbonyl (C=O) groups excluding carboxylic acids is 3. The minimum atomic E-state index is -0.894. The van der Waals surface area contributed by atoms with Gasteiger partial charge in [-0.1, -0.05) is 12.1 Å². The first-order chi connectivity index (χ1) is 14.0. The first kappa shape index (κ1) is 21.0. The van der Waals surface area contributed by atoms with Crippen LogP contribution in [0.25, 0.3) is 10.2 Å². The van der Waals surface area contributed by atoms with Crippen molar-refractivity contribution in [3.8, 4) is 0 Å². The lowest BCUT2D eigenvalue weighted by Gasteiger charge is -2.32. The second-order valence-electron chi connectivity index (χ2n) is 6.95. The number of aromatic nitrogens is 1. The predicted molar refractivity (Wildman–Crippen MR) is 109 cm³/mol. The fraction of sp³-hybridized carbons (Fsp3) is 0.500. The number of fused-ring (bicyclic) bond motifs is 1. The molecule has 2 heterocycles. The van der Waals surface area contributed by atoms with E-state index in [0.717, 1.165) is 28.1 Å². The Morgan fingerprint density at radius 2 is 2.07 bits per heavy atom. The van der Waals surface area contributed by atoms with E-state index in [1.165, 1.54) is 14.2 Å². The Labute approximate surface area is 173 Å². The van der Waals surface area contributed by atoms with Crippen LogP contribution < -0.4 is 5.32 Å². The third-order valence-corrected chi connectivity index (χ3v) is 6.22. The molecule has 1 fully saturated rings. The normalized spacial score (nSPS) is 17.6. The van der Waals surface area contributed by atoms with Crippen LogP contribution in [0.2, 0.25) is 0 Å². The molecule has 9 heteroatoms. The maximum absolute atomic E-state index is 12.8. The summed E-state index contributed by atoms with van der Waals surface area (Å²) in [6.45, 7) is 1.15. The Morgan fingerprint density at radius 1 is 1.28 bits per heavy atom. The monoisotopic (exact) mass is 419 g/mol. The van der Waals surface area contributed by atoms with Gasteiger partial charge in [0.1, 0.15) is 6.04 Å². The molecule has 1 aromatic heterocycles. The molecule has 1 aliphatic heterocycles. The van der Waals surface area contributed by atoms with Crippen molar-refractivity contribution in [3.63, 3.8) is 0 Å². The van der Waals surface area contributed by atoms with Crippen LogP contribution in [0, 0.1) is 0 Å². The Kier molecular flexibility index (Phi) is 7.03. The summed E-state index contributed by atoms with van der Waals surface area (Å²) in [5.41, 5.74) is 0.975. The zero-order valence-corrected chi connectivity index (χ0v) is 17.4. The summed E-state index contributed by atoms with van der Waals surface area (Å²) in [6.07, 6.45) is 1.97. The molecule has 0 saturated carbocycles. The number of urea groups is 1. The van der Waals surface area contributed by atoms with Gasteiger partial charge in [0.2, 0.25) is 0 Å². The number of piperidine rings is 1. The molecule has 8 nitrogen and oxygen atoms in total. The molecule has 29 heavy (non-hydrogen) atoms. The van der Waals surface area contributed by atoms with Crippen molar-refractivity contribution in [2.75, 3.05) is 27.3 Å². The van der Waals surface area contributed by atoms with Gasteiger partial charge < -0.3 is 19.7 Å². The zero-order chi connectivity index (χ0) is 20.8. The van der Waals surface area contributed by atoms with E-state index in [4.69, 9.17) is 9.72 Å². The maximum atomic E-state index is 12.8. The third kappa shape index (κ3) is 5.23. The summed E-state index contributed by atoms with van der Waals surface area (Å²) in [6, 6.07) is 6.77. The van der Waals surface area contributed by atoms with Crippen LogP contribution in [-0.2, 0) is 19.1 Å². The number of para-hydroxylation sites is 1. The molecule has 1 saturated heterocycles. The molecule has 3 rings (SSSR count). The molecule has 2 unspecified atom stereocenters. The van der Waals surface area contributed by atoms with Crippen molar-refractivity contribution in [1.82, 2.24) is 15.2 Å². The number of carbonyl (C=O) groups is 3. The lowest BCUT2D eigenvalue weighted by atomic mass is 9.99. The van der Waals surface area contributed by atoms with Crippen LogP contribution in [-0.4, -0.2) is 61.2 Å². The average Bonchev–Trinajstić information content (AvgIpc) is 3.20. The molecule has 2 atom stereocenters. The molecule has 0 spiro atoms. The van der Waals surface area contributed by atoms with Crippen LogP contribution in [0.5, 0.6) is 0 Å². The molecule has 2 amide bonds. The van der Waals surface area contributed by atoms with Gasteiger partial charge >= 0.3 is 18.0 Å². The largest absolute Gasteiger partial charge is 0.469 e. The van der Waals surface area contributed by atoms with E-state index in [2.05, 4.69) is 10.1 Å². The number of rotatable bonds is 6. The first-order valence-corrected chi connectivity index (χ1v) is 10.4. The molecular formula is C20H25N3O5S. The summed E-state index contributed by atoms with van der Waals surface area (Å²) >= 11 is 1.66. The van der Waals surface area contributed by atoms with Gasteiger partial charge in [-0.05, 0) is 31.4 Å². The number of nitrogens with one attached hydrogen (secondary N) is 1. The van der Waals surface area contributed by atoms with Gasteiger partial charge in [-0.15, -0.1) is 11.3 Å². The van der Waals surface area contributed by atoms with Crippen molar-refractivity contribution in [1.29, 1.82) is 0 Å². The quantitative estimate of drug-likeness (QED) is 0.723. The highest BCUT2D eigenvalue weighted by molar-refractivity contribution is 7.18. The molecule has 156 valence electrons. The van der Waals surface area contributed by atoms with E-state index < -0.39 is 18.0 Å². The van der Waals surface area contributed by atoms with Crippen LogP contribution >= 0.6 is 11.3 Å². The molecule has 1 aromatic carbocycles. The number of hydrogen-bond donors (Lipinski definition) is 1. The number of likely N-dealkylation sites (tertiary alicyclic amines) is 1. The number of hydrogen-bond acceptors (Lipinski definition) is 7. The van der Waals surface area contributed by atoms with E-state index in [1.807, 2.05) is 24.3 Å². The van der Waals surface area contributed by atoms with Gasteiger partial charge in [-0.2, -0.15) is 0 Å². The van der Waals surface area contributed by atoms with Crippen LogP contribution in [0.15, 0.2) is 24.3 Å². The zero-order valence-electron chi connectivity index (χ0n) is 16.6. The van der Waals surface area contributed by atoms with Gasteiger partial charge in [0.25, 0.3) is 0 Å². The average molecular weight is 420 g/mol. The number of thiazole rings is 1. The van der Waals surface area contributed by atoms with Gasteiger partial charge in [0.05, 0.1) is 29.4 Å². The van der Waals surface area contributed by atoms with Gasteiger partial charge in [0.15, 0.2) is 0 Å². The standard InChI is InChI=1S/C20H25N3O5S/c1-27-17(24)10-9-15(19(25)28-2)22-20(26)23-11-5-6-13(12-23)18-21-14-7-3-4-8-16(14)29-18/h3-4,7-8,13,15H,5-6,9-12H2,1-2H3,(H,22,26). The number of ether oxygens (including phenoxy) is 2. The lowest BCUT2D eigenvalue weighted by molar-refractivity contribution is -0.144. The molecule has 1 N–H and O–H groups in total. The van der Waals surface area contributed by atoms with Crippen molar-refractivity contribution in [2.45, 2.75) is 37.6 Å². The molecule has 0 aliphatic carbocycles. The van der Waals surface area contributed by atoms with Crippen LogP contribution in [0.1, 0.15) is 36.6 Å². The van der Waals surface area contributed by atoms with E-state index in [-0.39, 0.29) is 24.8 Å². The van der Waals surface area contributed by atoms with Crippen molar-refractivity contribution in [2.24, 2.45) is 0 Å². The fourth-order valence-corrected chi connectivity index (χ4v) is 4.52. The number of methoxy groups -OCH3 is 2. The smallest absolute Gasteiger partial charge is 0.328 e. The Balaban J connectivity index is 1.64. The highest BCUT2D eigenvalue weighted by Crippen LogP contribution is 2.32. The summed E-state index contributed by atoms with van der Waals surface area (Å²) in [7, 11) is 2.54. The Hall–Kier alpha value is -2.68. The number of nitrogens with zero attached hydrogens (tertiary/aromatic N) is 2. The minimum Gasteiger partial charge on any atom is -0.469 e. The topological polar surface area (TPSA) is 97.8 Å². The highest BCUT2D eigenvalue weighted by atomic mass is 32.1. The second kappa shape index (κ2) is 9.69.